The van der Waals surface area contributed by atoms with E-state index in [1.54, 1.807) is 18.3 Å². The van der Waals surface area contributed by atoms with Crippen molar-refractivity contribution in [3.8, 4) is 10.6 Å². The van der Waals surface area contributed by atoms with Gasteiger partial charge < -0.3 is 4.74 Å². The summed E-state index contributed by atoms with van der Waals surface area (Å²) in [5.41, 5.74) is 0.388. The molecule has 2 heterocycles. The number of halogens is 3. The van der Waals surface area contributed by atoms with Crippen LogP contribution in [0.15, 0.2) is 41.8 Å². The first-order chi connectivity index (χ1) is 12.4. The van der Waals surface area contributed by atoms with E-state index in [2.05, 4.69) is 4.98 Å². The van der Waals surface area contributed by atoms with Crippen LogP contribution in [0.1, 0.15) is 32.7 Å². The van der Waals surface area contributed by atoms with Gasteiger partial charge in [-0.05, 0) is 30.5 Å². The van der Waals surface area contributed by atoms with Crippen LogP contribution in [0.4, 0.5) is 13.2 Å². The number of alkyl halides is 3. The second-order valence-corrected chi connectivity index (χ2v) is 7.38. The van der Waals surface area contributed by atoms with Crippen molar-refractivity contribution in [2.24, 2.45) is 0 Å². The summed E-state index contributed by atoms with van der Waals surface area (Å²) in [6, 6.07) is 8.61. The molecule has 3 aromatic rings. The van der Waals surface area contributed by atoms with Gasteiger partial charge in [0.05, 0.1) is 17.9 Å². The summed E-state index contributed by atoms with van der Waals surface area (Å²) in [6.07, 6.45) is -3.91. The van der Waals surface area contributed by atoms with Gasteiger partial charge in [-0.3, -0.25) is 0 Å². The van der Waals surface area contributed by atoms with Crippen LogP contribution in [0.5, 0.6) is 0 Å². The first-order valence-electron chi connectivity index (χ1n) is 7.75. The van der Waals surface area contributed by atoms with Gasteiger partial charge in [0.2, 0.25) is 0 Å². The molecule has 0 aliphatic rings. The molecule has 0 atom stereocenters. The Morgan fingerprint density at radius 3 is 2.50 bits per heavy atom. The highest BCUT2D eigenvalue weighted by Crippen LogP contribution is 2.34. The molecule has 0 unspecified atom stereocenters. The van der Waals surface area contributed by atoms with Crippen molar-refractivity contribution in [2.75, 3.05) is 6.61 Å². The molecule has 0 N–H and O–H groups in total. The lowest BCUT2D eigenvalue weighted by molar-refractivity contribution is -0.137. The van der Waals surface area contributed by atoms with Gasteiger partial charge in [-0.25, -0.2) is 9.78 Å². The number of esters is 1. The summed E-state index contributed by atoms with van der Waals surface area (Å²) in [6.45, 7) is 1.96. The maximum atomic E-state index is 12.7. The minimum absolute atomic E-state index is 0.241. The molecule has 1 aromatic carbocycles. The number of ether oxygens (including phenoxy) is 1. The smallest absolute Gasteiger partial charge is 0.416 e. The Kier molecular flexibility index (Phi) is 5.43. The van der Waals surface area contributed by atoms with E-state index in [4.69, 9.17) is 4.74 Å². The van der Waals surface area contributed by atoms with Crippen LogP contribution in [-0.2, 0) is 17.3 Å². The molecular weight excluding hydrogens is 383 g/mol. The van der Waals surface area contributed by atoms with Crippen molar-refractivity contribution >= 4 is 28.6 Å². The molecule has 2 aromatic heterocycles. The molecule has 0 amide bonds. The predicted octanol–water partition coefficient (Wildman–Crippen LogP) is 5.66. The average molecular weight is 397 g/mol. The second kappa shape index (κ2) is 7.59. The Labute approximate surface area is 156 Å². The van der Waals surface area contributed by atoms with Crippen molar-refractivity contribution in [3.05, 3.63) is 62.8 Å². The lowest BCUT2D eigenvalue weighted by Crippen LogP contribution is -2.05. The van der Waals surface area contributed by atoms with Crippen LogP contribution < -0.4 is 0 Å². The number of carbonyl (C=O) groups excluding carboxylic acids is 1. The van der Waals surface area contributed by atoms with Crippen LogP contribution in [0.2, 0.25) is 0 Å². The van der Waals surface area contributed by atoms with Crippen molar-refractivity contribution < 1.29 is 22.7 Å². The summed E-state index contributed by atoms with van der Waals surface area (Å²) < 4.78 is 43.2. The fraction of sp³-hybridized carbons (Fsp3) is 0.222. The highest BCUT2D eigenvalue weighted by atomic mass is 32.1. The van der Waals surface area contributed by atoms with Gasteiger partial charge >= 0.3 is 12.1 Å². The highest BCUT2D eigenvalue weighted by molar-refractivity contribution is 7.17. The zero-order valence-electron chi connectivity index (χ0n) is 13.7. The van der Waals surface area contributed by atoms with Gasteiger partial charge in [-0.1, -0.05) is 18.2 Å². The van der Waals surface area contributed by atoms with Crippen molar-refractivity contribution in [3.63, 3.8) is 0 Å². The standard InChI is InChI=1S/C18H14F3NO2S2/c1-2-24-17(23)15-14(10-13-4-3-9-25-13)22-16(26-15)11-5-7-12(8-6-11)18(19,20)21/h3-9H,2,10H2,1H3. The van der Waals surface area contributed by atoms with E-state index in [0.717, 1.165) is 28.3 Å². The molecule has 3 rings (SSSR count). The quantitative estimate of drug-likeness (QED) is 0.522. The summed E-state index contributed by atoms with van der Waals surface area (Å²) >= 11 is 2.68. The molecule has 0 aliphatic carbocycles. The molecule has 0 radical (unpaired) electrons. The van der Waals surface area contributed by atoms with E-state index in [1.807, 2.05) is 17.5 Å². The van der Waals surface area contributed by atoms with E-state index in [9.17, 15) is 18.0 Å². The number of thiophene rings is 1. The van der Waals surface area contributed by atoms with Gasteiger partial charge in [-0.2, -0.15) is 13.2 Å². The van der Waals surface area contributed by atoms with Crippen molar-refractivity contribution in [2.45, 2.75) is 19.5 Å². The molecule has 0 bridgehead atoms. The topological polar surface area (TPSA) is 39.2 Å². The second-order valence-electron chi connectivity index (χ2n) is 5.35. The first kappa shape index (κ1) is 18.6. The number of aromatic nitrogens is 1. The van der Waals surface area contributed by atoms with Gasteiger partial charge in [0.25, 0.3) is 0 Å². The number of benzene rings is 1. The summed E-state index contributed by atoms with van der Waals surface area (Å²) in [5, 5.41) is 2.43. The number of thiazole rings is 1. The molecule has 0 saturated heterocycles. The Morgan fingerprint density at radius 1 is 1.19 bits per heavy atom. The molecule has 3 nitrogen and oxygen atoms in total. The number of carbonyl (C=O) groups is 1. The summed E-state index contributed by atoms with van der Waals surface area (Å²) in [7, 11) is 0. The number of hydrogen-bond acceptors (Lipinski definition) is 5. The fourth-order valence-electron chi connectivity index (χ4n) is 2.33. The van der Waals surface area contributed by atoms with Crippen LogP contribution >= 0.6 is 22.7 Å². The maximum absolute atomic E-state index is 12.7. The van der Waals surface area contributed by atoms with Gasteiger partial charge in [0.15, 0.2) is 0 Å². The number of nitrogens with zero attached hydrogens (tertiary/aromatic N) is 1. The van der Waals surface area contributed by atoms with Gasteiger partial charge in [0, 0.05) is 16.9 Å². The molecule has 0 spiro atoms. The Balaban J connectivity index is 1.95. The SMILES string of the molecule is CCOC(=O)c1sc(-c2ccc(C(F)(F)F)cc2)nc1Cc1cccs1. The number of hydrogen-bond donors (Lipinski definition) is 0. The normalized spacial score (nSPS) is 11.5. The van der Waals surface area contributed by atoms with E-state index >= 15 is 0 Å². The third kappa shape index (κ3) is 4.13. The third-order valence-corrected chi connectivity index (χ3v) is 5.54. The van der Waals surface area contributed by atoms with E-state index < -0.39 is 17.7 Å². The van der Waals surface area contributed by atoms with E-state index in [0.29, 0.717) is 27.6 Å². The molecule has 136 valence electrons. The first-order valence-corrected chi connectivity index (χ1v) is 9.45. The van der Waals surface area contributed by atoms with Gasteiger partial charge in [-0.15, -0.1) is 22.7 Å². The largest absolute Gasteiger partial charge is 0.462 e. The molecule has 8 heteroatoms. The molecule has 0 aliphatic heterocycles. The maximum Gasteiger partial charge on any atom is 0.416 e. The van der Waals surface area contributed by atoms with Crippen LogP contribution in [0.3, 0.4) is 0 Å². The third-order valence-electron chi connectivity index (χ3n) is 3.54. The number of rotatable bonds is 5. The van der Waals surface area contributed by atoms with Crippen LogP contribution in [0.25, 0.3) is 10.6 Å². The van der Waals surface area contributed by atoms with Crippen molar-refractivity contribution in [1.82, 2.24) is 4.98 Å². The zero-order chi connectivity index (χ0) is 18.7. The lowest BCUT2D eigenvalue weighted by Gasteiger charge is -2.06. The zero-order valence-corrected chi connectivity index (χ0v) is 15.3. The summed E-state index contributed by atoms with van der Waals surface area (Å²) in [5.74, 6) is -0.463. The fourth-order valence-corrected chi connectivity index (χ4v) is 4.02. The molecule has 0 saturated carbocycles. The minimum Gasteiger partial charge on any atom is -0.462 e. The molecule has 0 fully saturated rings. The molecule has 26 heavy (non-hydrogen) atoms. The highest BCUT2D eigenvalue weighted by Gasteiger charge is 2.30. The van der Waals surface area contributed by atoms with E-state index in [-0.39, 0.29) is 6.61 Å². The predicted molar refractivity (Wildman–Crippen MR) is 95.6 cm³/mol. The Hall–Kier alpha value is -2.19. The van der Waals surface area contributed by atoms with Crippen molar-refractivity contribution in [1.29, 1.82) is 0 Å². The Morgan fingerprint density at radius 2 is 1.92 bits per heavy atom. The Bertz CT molecular complexity index is 884. The van der Waals surface area contributed by atoms with Crippen LogP contribution in [0, 0.1) is 0 Å². The molecular formula is C18H14F3NO2S2. The monoisotopic (exact) mass is 397 g/mol. The minimum atomic E-state index is -4.39. The lowest BCUT2D eigenvalue weighted by atomic mass is 10.1. The van der Waals surface area contributed by atoms with E-state index in [1.165, 1.54) is 12.1 Å². The van der Waals surface area contributed by atoms with Crippen LogP contribution in [-0.4, -0.2) is 17.6 Å². The van der Waals surface area contributed by atoms with Gasteiger partial charge in [0.1, 0.15) is 9.88 Å². The average Bonchev–Trinajstić information content (AvgIpc) is 3.25. The summed E-state index contributed by atoms with van der Waals surface area (Å²) in [4.78, 5) is 18.1.